The third-order valence-corrected chi connectivity index (χ3v) is 6.93. The van der Waals surface area contributed by atoms with Gasteiger partial charge in [0.1, 0.15) is 23.4 Å². The van der Waals surface area contributed by atoms with Gasteiger partial charge in [0.05, 0.1) is 0 Å². The first-order valence-electron chi connectivity index (χ1n) is 13.9. The molecular weight excluding hydrogens is 518 g/mol. The molecule has 0 aromatic heterocycles. The number of carbonyl (C=O) groups is 3. The zero-order chi connectivity index (χ0) is 29.7. The van der Waals surface area contributed by atoms with E-state index in [4.69, 9.17) is 4.74 Å². The van der Waals surface area contributed by atoms with Gasteiger partial charge in [0.15, 0.2) is 0 Å². The maximum atomic E-state index is 14.4. The molecule has 1 fully saturated rings. The van der Waals surface area contributed by atoms with Crippen LogP contribution in [-0.4, -0.2) is 45.6 Å². The van der Waals surface area contributed by atoms with E-state index in [1.165, 1.54) is 6.07 Å². The highest BCUT2D eigenvalue weighted by Gasteiger charge is 2.44. The molecule has 216 valence electrons. The van der Waals surface area contributed by atoms with Gasteiger partial charge in [-0.1, -0.05) is 54.6 Å². The predicted octanol–water partition coefficient (Wildman–Crippen LogP) is 5.82. The lowest BCUT2D eigenvalue weighted by atomic mass is 9.98. The van der Waals surface area contributed by atoms with Crippen molar-refractivity contribution < 1.29 is 24.2 Å². The summed E-state index contributed by atoms with van der Waals surface area (Å²) in [4.78, 5) is 43.0. The molecule has 0 radical (unpaired) electrons. The summed E-state index contributed by atoms with van der Waals surface area (Å²) in [6.45, 7) is 8.93. The molecule has 1 saturated carbocycles. The van der Waals surface area contributed by atoms with E-state index in [1.54, 1.807) is 44.7 Å². The van der Waals surface area contributed by atoms with Crippen molar-refractivity contribution >= 4 is 23.6 Å². The number of para-hydroxylation sites is 1. The molecule has 0 spiro atoms. The van der Waals surface area contributed by atoms with Crippen molar-refractivity contribution in [1.82, 2.24) is 10.2 Å². The molecule has 3 aromatic carbocycles. The summed E-state index contributed by atoms with van der Waals surface area (Å²) in [5.41, 5.74) is 2.81. The second kappa shape index (κ2) is 12.5. The first kappa shape index (κ1) is 29.6. The van der Waals surface area contributed by atoms with Crippen molar-refractivity contribution in [2.24, 2.45) is 0 Å². The second-order valence-corrected chi connectivity index (χ2v) is 11.6. The third-order valence-electron chi connectivity index (χ3n) is 6.93. The van der Waals surface area contributed by atoms with Gasteiger partial charge in [-0.3, -0.25) is 9.59 Å². The minimum Gasteiger partial charge on any atom is -0.508 e. The van der Waals surface area contributed by atoms with E-state index in [0.29, 0.717) is 16.8 Å². The first-order valence-corrected chi connectivity index (χ1v) is 13.9. The largest absolute Gasteiger partial charge is 0.508 e. The smallest absolute Gasteiger partial charge is 0.408 e. The molecule has 41 heavy (non-hydrogen) atoms. The maximum Gasteiger partial charge on any atom is 0.408 e. The van der Waals surface area contributed by atoms with Crippen LogP contribution >= 0.6 is 0 Å². The highest BCUT2D eigenvalue weighted by Crippen LogP contribution is 2.37. The topological polar surface area (TPSA) is 108 Å². The number of nitrogens with one attached hydrogen (secondary N) is 2. The zero-order valence-corrected chi connectivity index (χ0v) is 24.3. The Kier molecular flexibility index (Phi) is 9.01. The van der Waals surface area contributed by atoms with Gasteiger partial charge in [0.25, 0.3) is 5.91 Å². The van der Waals surface area contributed by atoms with Crippen molar-refractivity contribution in [2.45, 2.75) is 77.6 Å². The third kappa shape index (κ3) is 7.87. The Bertz CT molecular complexity index is 1400. The molecule has 3 aromatic rings. The van der Waals surface area contributed by atoms with Crippen LogP contribution in [0.4, 0.5) is 10.5 Å². The van der Waals surface area contributed by atoms with Crippen LogP contribution < -0.4 is 10.6 Å². The number of nitrogens with zero attached hydrogens (tertiary/aromatic N) is 1. The zero-order valence-electron chi connectivity index (χ0n) is 24.3. The molecule has 2 atom stereocenters. The summed E-state index contributed by atoms with van der Waals surface area (Å²) < 4.78 is 5.50. The molecule has 1 aliphatic carbocycles. The fourth-order valence-electron chi connectivity index (χ4n) is 4.75. The number of benzene rings is 3. The molecule has 3 N–H and O–H groups in total. The van der Waals surface area contributed by atoms with E-state index in [0.717, 1.165) is 24.0 Å². The van der Waals surface area contributed by atoms with Crippen LogP contribution in [-0.2, 0) is 20.7 Å². The van der Waals surface area contributed by atoms with Crippen LogP contribution in [0.25, 0.3) is 0 Å². The Hall–Kier alpha value is -4.33. The Morgan fingerprint density at radius 2 is 1.61 bits per heavy atom. The number of ether oxygens (including phenoxy) is 1. The molecular formula is C33H39N3O5. The number of aromatic hydroxyl groups is 1. The number of amides is 3. The molecule has 0 bridgehead atoms. The minimum absolute atomic E-state index is 0.102. The van der Waals surface area contributed by atoms with E-state index in [1.807, 2.05) is 61.5 Å². The van der Waals surface area contributed by atoms with Crippen molar-refractivity contribution in [3.63, 3.8) is 0 Å². The summed E-state index contributed by atoms with van der Waals surface area (Å²) in [6, 6.07) is 19.7. The Morgan fingerprint density at radius 3 is 2.22 bits per heavy atom. The van der Waals surface area contributed by atoms with E-state index in [2.05, 4.69) is 10.6 Å². The Balaban J connectivity index is 1.74. The maximum absolute atomic E-state index is 14.4. The predicted molar refractivity (Wildman–Crippen MR) is 159 cm³/mol. The van der Waals surface area contributed by atoms with Crippen molar-refractivity contribution in [2.75, 3.05) is 5.32 Å². The van der Waals surface area contributed by atoms with Gasteiger partial charge in [-0.2, -0.15) is 0 Å². The van der Waals surface area contributed by atoms with Crippen molar-refractivity contribution in [3.8, 4) is 5.75 Å². The fraction of sp³-hybridized carbons (Fsp3) is 0.364. The standard InChI is InChI=1S/C33H39N3O5/c1-21-11-9-10-14-26(21)34-30(38)29(24-15-18-28(37)22(2)19-24)36(25-16-17-25)31(39)27(20-23-12-7-6-8-13-23)35-32(40)41-33(3,4)5/h6-15,18-19,25,27,29,37H,16-17,20H2,1-5H3,(H,34,38)(H,35,40). The lowest BCUT2D eigenvalue weighted by Crippen LogP contribution is -2.54. The van der Waals surface area contributed by atoms with E-state index >= 15 is 0 Å². The molecule has 4 rings (SSSR count). The highest BCUT2D eigenvalue weighted by molar-refractivity contribution is 5.99. The van der Waals surface area contributed by atoms with Gasteiger partial charge in [-0.15, -0.1) is 0 Å². The van der Waals surface area contributed by atoms with Crippen LogP contribution in [0.5, 0.6) is 5.75 Å². The van der Waals surface area contributed by atoms with Gasteiger partial charge in [-0.05, 0) is 87.9 Å². The summed E-state index contributed by atoms with van der Waals surface area (Å²) >= 11 is 0. The van der Waals surface area contributed by atoms with Crippen molar-refractivity contribution in [3.05, 3.63) is 95.1 Å². The summed E-state index contributed by atoms with van der Waals surface area (Å²) in [6.07, 6.45) is 0.995. The molecule has 3 amide bonds. The SMILES string of the molecule is Cc1cc(C(C(=O)Nc2ccccc2C)N(C(=O)C(Cc2ccccc2)NC(=O)OC(C)(C)C)C2CC2)ccc1O. The molecule has 2 unspecified atom stereocenters. The number of carbonyl (C=O) groups excluding carboxylic acids is 3. The monoisotopic (exact) mass is 557 g/mol. The van der Waals surface area contributed by atoms with Crippen LogP contribution in [0.15, 0.2) is 72.8 Å². The average molecular weight is 558 g/mol. The number of alkyl carbamates (subject to hydrolysis) is 1. The van der Waals surface area contributed by atoms with Crippen LogP contribution in [0, 0.1) is 13.8 Å². The van der Waals surface area contributed by atoms with Gasteiger partial charge in [-0.25, -0.2) is 4.79 Å². The molecule has 1 aliphatic rings. The fourth-order valence-corrected chi connectivity index (χ4v) is 4.75. The van der Waals surface area contributed by atoms with Crippen LogP contribution in [0.3, 0.4) is 0 Å². The lowest BCUT2D eigenvalue weighted by molar-refractivity contribution is -0.141. The van der Waals surface area contributed by atoms with Gasteiger partial charge < -0.3 is 25.4 Å². The van der Waals surface area contributed by atoms with Crippen LogP contribution in [0.2, 0.25) is 0 Å². The lowest BCUT2D eigenvalue weighted by Gasteiger charge is -2.35. The van der Waals surface area contributed by atoms with Gasteiger partial charge >= 0.3 is 6.09 Å². The molecule has 0 aliphatic heterocycles. The Morgan fingerprint density at radius 1 is 0.951 bits per heavy atom. The average Bonchev–Trinajstić information content (AvgIpc) is 3.74. The van der Waals surface area contributed by atoms with Crippen LogP contribution in [0.1, 0.15) is 61.9 Å². The number of hydrogen-bond acceptors (Lipinski definition) is 5. The highest BCUT2D eigenvalue weighted by atomic mass is 16.6. The molecule has 0 saturated heterocycles. The van der Waals surface area contributed by atoms with E-state index in [-0.39, 0.29) is 30.0 Å². The molecule has 8 heteroatoms. The van der Waals surface area contributed by atoms with E-state index < -0.39 is 23.8 Å². The summed E-state index contributed by atoms with van der Waals surface area (Å²) in [5, 5.41) is 16.0. The second-order valence-electron chi connectivity index (χ2n) is 11.6. The quantitative estimate of drug-likeness (QED) is 0.308. The Labute approximate surface area is 241 Å². The normalized spacial score (nSPS) is 14.5. The van der Waals surface area contributed by atoms with E-state index in [9.17, 15) is 19.5 Å². The minimum atomic E-state index is -0.993. The number of phenolic OH excluding ortho intramolecular Hbond substituents is 1. The molecule has 8 nitrogen and oxygen atoms in total. The van der Waals surface area contributed by atoms with Gasteiger partial charge in [0.2, 0.25) is 5.91 Å². The number of rotatable bonds is 9. The van der Waals surface area contributed by atoms with Crippen molar-refractivity contribution in [1.29, 1.82) is 0 Å². The molecule has 0 heterocycles. The number of aryl methyl sites for hydroxylation is 2. The van der Waals surface area contributed by atoms with Gasteiger partial charge in [0, 0.05) is 18.2 Å². The number of anilines is 1. The number of hydrogen-bond donors (Lipinski definition) is 3. The number of phenols is 1. The first-order chi connectivity index (χ1) is 19.4. The summed E-state index contributed by atoms with van der Waals surface area (Å²) in [7, 11) is 0. The summed E-state index contributed by atoms with van der Waals surface area (Å²) in [5.74, 6) is -0.650.